The maximum atomic E-state index is 5.95. The number of aliphatic imine (C=N–C) groups is 1. The van der Waals surface area contributed by atoms with Gasteiger partial charge < -0.3 is 20.1 Å². The lowest BCUT2D eigenvalue weighted by molar-refractivity contribution is 0.219. The molecule has 1 heterocycles. The van der Waals surface area contributed by atoms with Crippen LogP contribution in [0.1, 0.15) is 23.7 Å². The number of nitrogens with zero attached hydrogens (tertiary/aromatic N) is 2. The second kappa shape index (κ2) is 12.8. The highest BCUT2D eigenvalue weighted by atomic mass is 127. The van der Waals surface area contributed by atoms with E-state index in [4.69, 9.17) is 9.47 Å². The SMILES string of the molecule is CCNC(=NCC(C)Oc1ccccc1OC)NCCc1ncc(C)s1.I. The van der Waals surface area contributed by atoms with Gasteiger partial charge >= 0.3 is 0 Å². The molecule has 0 bridgehead atoms. The summed E-state index contributed by atoms with van der Waals surface area (Å²) in [6.45, 7) is 8.27. The highest BCUT2D eigenvalue weighted by Gasteiger charge is 2.09. The Morgan fingerprint density at radius 3 is 2.63 bits per heavy atom. The molecule has 2 N–H and O–H groups in total. The number of thiazole rings is 1. The molecule has 0 radical (unpaired) electrons. The Morgan fingerprint density at radius 1 is 1.26 bits per heavy atom. The fraction of sp³-hybridized carbons (Fsp3) is 0.474. The molecule has 0 saturated carbocycles. The lowest BCUT2D eigenvalue weighted by Gasteiger charge is -2.16. The number of para-hydroxylation sites is 2. The van der Waals surface area contributed by atoms with E-state index in [1.54, 1.807) is 18.4 Å². The van der Waals surface area contributed by atoms with E-state index in [2.05, 4.69) is 34.5 Å². The van der Waals surface area contributed by atoms with Gasteiger partial charge in [0.2, 0.25) is 0 Å². The van der Waals surface area contributed by atoms with Crippen LogP contribution in [0.3, 0.4) is 0 Å². The van der Waals surface area contributed by atoms with Crippen LogP contribution >= 0.6 is 35.3 Å². The van der Waals surface area contributed by atoms with Crippen molar-refractivity contribution in [3.05, 3.63) is 40.3 Å². The first-order valence-electron chi connectivity index (χ1n) is 8.85. The highest BCUT2D eigenvalue weighted by molar-refractivity contribution is 14.0. The van der Waals surface area contributed by atoms with Crippen LogP contribution in [-0.4, -0.2) is 43.8 Å². The Balaban J connectivity index is 0.00000364. The van der Waals surface area contributed by atoms with Crippen molar-refractivity contribution in [2.45, 2.75) is 33.3 Å². The zero-order chi connectivity index (χ0) is 18.8. The van der Waals surface area contributed by atoms with Gasteiger partial charge in [0.25, 0.3) is 0 Å². The Bertz CT molecular complexity index is 709. The van der Waals surface area contributed by atoms with Gasteiger partial charge in [0.15, 0.2) is 17.5 Å². The van der Waals surface area contributed by atoms with Gasteiger partial charge in [-0.05, 0) is 32.9 Å². The molecule has 8 heteroatoms. The summed E-state index contributed by atoms with van der Waals surface area (Å²) in [6.07, 6.45) is 2.73. The number of nitrogens with one attached hydrogen (secondary N) is 2. The fourth-order valence-corrected chi connectivity index (χ4v) is 3.12. The molecule has 27 heavy (non-hydrogen) atoms. The molecule has 0 spiro atoms. The third-order valence-electron chi connectivity index (χ3n) is 3.55. The van der Waals surface area contributed by atoms with Crippen molar-refractivity contribution in [2.24, 2.45) is 4.99 Å². The molecule has 1 unspecified atom stereocenters. The molecule has 150 valence electrons. The summed E-state index contributed by atoms with van der Waals surface area (Å²) in [5.74, 6) is 2.25. The molecule has 2 aromatic rings. The molecule has 2 rings (SSSR count). The largest absolute Gasteiger partial charge is 0.493 e. The van der Waals surface area contributed by atoms with E-state index >= 15 is 0 Å². The van der Waals surface area contributed by atoms with E-state index < -0.39 is 0 Å². The normalized spacial score (nSPS) is 12.1. The Hall–Kier alpha value is -1.55. The molecular formula is C19H29IN4O2S. The predicted octanol–water partition coefficient (Wildman–Crippen LogP) is 3.64. The Kier molecular flexibility index (Phi) is 11.1. The van der Waals surface area contributed by atoms with E-state index in [0.29, 0.717) is 6.54 Å². The topological polar surface area (TPSA) is 67.8 Å². The number of guanidine groups is 1. The second-order valence-corrected chi connectivity index (χ2v) is 7.16. The van der Waals surface area contributed by atoms with Crippen LogP contribution in [0.4, 0.5) is 0 Å². The zero-order valence-corrected chi connectivity index (χ0v) is 19.5. The summed E-state index contributed by atoms with van der Waals surface area (Å²) in [5.41, 5.74) is 0. The quantitative estimate of drug-likeness (QED) is 0.310. The Morgan fingerprint density at radius 2 is 2.00 bits per heavy atom. The molecule has 0 saturated heterocycles. The van der Waals surface area contributed by atoms with Gasteiger partial charge in [0, 0.05) is 30.6 Å². The number of halogens is 1. The average Bonchev–Trinajstić information content (AvgIpc) is 3.05. The number of ether oxygens (including phenoxy) is 2. The van der Waals surface area contributed by atoms with E-state index in [1.807, 2.05) is 37.4 Å². The summed E-state index contributed by atoms with van der Waals surface area (Å²) >= 11 is 1.73. The molecule has 0 aliphatic carbocycles. The Labute approximate surface area is 182 Å². The first kappa shape index (κ1) is 23.5. The smallest absolute Gasteiger partial charge is 0.191 e. The van der Waals surface area contributed by atoms with Crippen molar-refractivity contribution in [2.75, 3.05) is 26.7 Å². The van der Waals surface area contributed by atoms with Gasteiger partial charge in [-0.25, -0.2) is 9.98 Å². The maximum absolute atomic E-state index is 5.95. The van der Waals surface area contributed by atoms with Crippen molar-refractivity contribution >= 4 is 41.3 Å². The molecule has 6 nitrogen and oxygen atoms in total. The van der Waals surface area contributed by atoms with E-state index in [0.717, 1.165) is 42.0 Å². The third kappa shape index (κ3) is 8.34. The molecular weight excluding hydrogens is 475 g/mol. The minimum Gasteiger partial charge on any atom is -0.493 e. The van der Waals surface area contributed by atoms with E-state index in [9.17, 15) is 0 Å². The van der Waals surface area contributed by atoms with Gasteiger partial charge in [0.05, 0.1) is 18.7 Å². The van der Waals surface area contributed by atoms with Crippen LogP contribution in [-0.2, 0) is 6.42 Å². The molecule has 1 atom stereocenters. The van der Waals surface area contributed by atoms with Crippen LogP contribution in [0.15, 0.2) is 35.5 Å². The van der Waals surface area contributed by atoms with Crippen LogP contribution in [0.5, 0.6) is 11.5 Å². The summed E-state index contributed by atoms with van der Waals surface area (Å²) in [5, 5.41) is 7.74. The zero-order valence-electron chi connectivity index (χ0n) is 16.3. The monoisotopic (exact) mass is 504 g/mol. The van der Waals surface area contributed by atoms with Crippen LogP contribution in [0.25, 0.3) is 0 Å². The first-order chi connectivity index (χ1) is 12.6. The third-order valence-corrected chi connectivity index (χ3v) is 4.52. The maximum Gasteiger partial charge on any atom is 0.191 e. The highest BCUT2D eigenvalue weighted by Crippen LogP contribution is 2.26. The van der Waals surface area contributed by atoms with E-state index in [1.165, 1.54) is 4.88 Å². The number of aromatic nitrogens is 1. The molecule has 0 aliphatic rings. The van der Waals surface area contributed by atoms with Gasteiger partial charge in [-0.2, -0.15) is 0 Å². The van der Waals surface area contributed by atoms with Crippen molar-refractivity contribution in [1.29, 1.82) is 0 Å². The summed E-state index contributed by atoms with van der Waals surface area (Å²) < 4.78 is 11.3. The van der Waals surface area contributed by atoms with Gasteiger partial charge in [0.1, 0.15) is 6.10 Å². The number of benzene rings is 1. The number of rotatable bonds is 9. The number of hydrogen-bond donors (Lipinski definition) is 2. The van der Waals surface area contributed by atoms with Crippen LogP contribution in [0, 0.1) is 6.92 Å². The minimum absolute atomic E-state index is 0. The van der Waals surface area contributed by atoms with Crippen molar-refractivity contribution < 1.29 is 9.47 Å². The molecule has 0 amide bonds. The average molecular weight is 504 g/mol. The first-order valence-corrected chi connectivity index (χ1v) is 9.67. The van der Waals surface area contributed by atoms with Crippen molar-refractivity contribution in [3.8, 4) is 11.5 Å². The molecule has 0 fully saturated rings. The lowest BCUT2D eigenvalue weighted by atomic mass is 10.3. The lowest BCUT2D eigenvalue weighted by Crippen LogP contribution is -2.39. The molecule has 1 aromatic heterocycles. The van der Waals surface area contributed by atoms with Crippen molar-refractivity contribution in [1.82, 2.24) is 15.6 Å². The summed E-state index contributed by atoms with van der Waals surface area (Å²) in [4.78, 5) is 10.2. The second-order valence-electron chi connectivity index (χ2n) is 5.84. The molecule has 0 aliphatic heterocycles. The molecule has 1 aromatic carbocycles. The number of aryl methyl sites for hydroxylation is 1. The number of methoxy groups -OCH3 is 1. The minimum atomic E-state index is -0.0663. The van der Waals surface area contributed by atoms with E-state index in [-0.39, 0.29) is 30.1 Å². The fourth-order valence-electron chi connectivity index (χ4n) is 2.34. The predicted molar refractivity (Wildman–Crippen MR) is 123 cm³/mol. The van der Waals surface area contributed by atoms with Gasteiger partial charge in [-0.3, -0.25) is 0 Å². The van der Waals surface area contributed by atoms with Gasteiger partial charge in [-0.15, -0.1) is 35.3 Å². The van der Waals surface area contributed by atoms with Crippen molar-refractivity contribution in [3.63, 3.8) is 0 Å². The summed E-state index contributed by atoms with van der Waals surface area (Å²) in [7, 11) is 1.64. The van der Waals surface area contributed by atoms with Gasteiger partial charge in [-0.1, -0.05) is 12.1 Å². The van der Waals surface area contributed by atoms with Crippen LogP contribution in [0.2, 0.25) is 0 Å². The van der Waals surface area contributed by atoms with Crippen LogP contribution < -0.4 is 20.1 Å². The summed E-state index contributed by atoms with van der Waals surface area (Å²) in [6, 6.07) is 7.64. The standard InChI is InChI=1S/C19H28N4O2S.HI/c1-5-20-19(21-11-10-18-22-13-15(3)26-18)23-12-14(2)25-17-9-7-6-8-16(17)24-4;/h6-9,13-14H,5,10-12H2,1-4H3,(H2,20,21,23);1H. The number of hydrogen-bond acceptors (Lipinski definition) is 5.